The van der Waals surface area contributed by atoms with Crippen LogP contribution in [-0.4, -0.2) is 42.4 Å². The highest BCUT2D eigenvalue weighted by Gasteiger charge is 2.72. The lowest BCUT2D eigenvalue weighted by Gasteiger charge is -2.26. The summed E-state index contributed by atoms with van der Waals surface area (Å²) in [6, 6.07) is 1.17. The molecule has 2 unspecified atom stereocenters. The summed E-state index contributed by atoms with van der Waals surface area (Å²) >= 11 is 6.28. The highest BCUT2D eigenvalue weighted by molar-refractivity contribution is 6.24. The molecule has 1 saturated carbocycles. The Kier molecular flexibility index (Phi) is 2.50. The van der Waals surface area contributed by atoms with Gasteiger partial charge in [0, 0.05) is 18.7 Å². The fourth-order valence-electron chi connectivity index (χ4n) is 2.60. The monoisotopic (exact) mass is 288 g/mol. The van der Waals surface area contributed by atoms with Gasteiger partial charge in [-0.25, -0.2) is 4.79 Å². The third-order valence-electron chi connectivity index (χ3n) is 3.83. The van der Waals surface area contributed by atoms with Crippen LogP contribution in [0.25, 0.3) is 0 Å². The van der Waals surface area contributed by atoms with Crippen LogP contribution < -0.4 is 11.2 Å². The van der Waals surface area contributed by atoms with Crippen LogP contribution in [0.15, 0.2) is 21.9 Å². The number of aromatic amines is 1. The predicted octanol–water partition coefficient (Wildman–Crippen LogP) is -1.07. The Bertz CT molecular complexity index is 638. The van der Waals surface area contributed by atoms with E-state index in [1.165, 1.54) is 19.2 Å². The lowest BCUT2D eigenvalue weighted by molar-refractivity contribution is -0.0615. The highest BCUT2D eigenvalue weighted by Crippen LogP contribution is 2.58. The summed E-state index contributed by atoms with van der Waals surface area (Å²) in [6.07, 6.45) is -1.35. The maximum atomic E-state index is 11.8. The molecule has 1 saturated heterocycles. The summed E-state index contributed by atoms with van der Waals surface area (Å²) in [6.45, 7) is 1.53. The van der Waals surface area contributed by atoms with Gasteiger partial charge in [0.1, 0.15) is 16.6 Å². The number of halogens is 1. The quantitative estimate of drug-likeness (QED) is 0.571. The van der Waals surface area contributed by atoms with Gasteiger partial charge in [0.25, 0.3) is 5.56 Å². The first-order valence-electron chi connectivity index (χ1n) is 5.83. The van der Waals surface area contributed by atoms with Crippen molar-refractivity contribution >= 4 is 11.6 Å². The second-order valence-corrected chi connectivity index (χ2v) is 6.03. The van der Waals surface area contributed by atoms with E-state index in [2.05, 4.69) is 4.98 Å². The molecule has 1 aliphatic heterocycles. The fourth-order valence-corrected chi connectivity index (χ4v) is 2.94. The van der Waals surface area contributed by atoms with Crippen molar-refractivity contribution in [2.75, 3.05) is 0 Å². The molecule has 1 aromatic heterocycles. The summed E-state index contributed by atoms with van der Waals surface area (Å²) in [5.74, 6) is 0. The van der Waals surface area contributed by atoms with Gasteiger partial charge in [0.05, 0.1) is 6.10 Å². The van der Waals surface area contributed by atoms with Gasteiger partial charge in [-0.1, -0.05) is 0 Å². The zero-order valence-corrected chi connectivity index (χ0v) is 10.8. The van der Waals surface area contributed by atoms with E-state index in [-0.39, 0.29) is 6.42 Å². The number of alkyl halides is 1. The number of aromatic nitrogens is 2. The molecule has 3 rings (SSSR count). The Morgan fingerprint density at radius 3 is 2.63 bits per heavy atom. The van der Waals surface area contributed by atoms with E-state index in [1.807, 2.05) is 0 Å². The fraction of sp³-hybridized carbons (Fsp3) is 0.636. The zero-order valence-electron chi connectivity index (χ0n) is 10.0. The highest BCUT2D eigenvalue weighted by atomic mass is 35.5. The van der Waals surface area contributed by atoms with Crippen molar-refractivity contribution in [3.05, 3.63) is 33.1 Å². The lowest BCUT2D eigenvalue weighted by atomic mass is 9.99. The molecule has 7 nitrogen and oxygen atoms in total. The van der Waals surface area contributed by atoms with Gasteiger partial charge in [-0.2, -0.15) is 0 Å². The van der Waals surface area contributed by atoms with Crippen LogP contribution >= 0.6 is 11.6 Å². The largest absolute Gasteiger partial charge is 0.390 e. The molecule has 0 bridgehead atoms. The molecular formula is C11H13ClN2O5. The molecule has 0 radical (unpaired) electrons. The minimum absolute atomic E-state index is 0.269. The minimum atomic E-state index is -1.28. The van der Waals surface area contributed by atoms with Gasteiger partial charge in [-0.15, -0.1) is 11.6 Å². The number of aliphatic hydroxyl groups is 2. The third-order valence-corrected chi connectivity index (χ3v) is 4.22. The number of nitrogens with zero attached hydrogens (tertiary/aromatic N) is 1. The lowest BCUT2D eigenvalue weighted by Crippen LogP contribution is -2.43. The molecule has 19 heavy (non-hydrogen) atoms. The van der Waals surface area contributed by atoms with Gasteiger partial charge in [-0.05, 0) is 6.92 Å². The molecule has 3 N–H and O–H groups in total. The number of rotatable bonds is 1. The Morgan fingerprint density at radius 1 is 1.53 bits per heavy atom. The maximum absolute atomic E-state index is 11.8. The molecule has 8 heteroatoms. The normalized spacial score (nSPS) is 44.7. The average Bonchev–Trinajstić information content (AvgIpc) is 2.92. The van der Waals surface area contributed by atoms with E-state index in [4.69, 9.17) is 16.3 Å². The molecule has 104 valence electrons. The summed E-state index contributed by atoms with van der Waals surface area (Å²) in [4.78, 5) is 23.6. The number of hydrogen-bond donors (Lipinski definition) is 3. The third kappa shape index (κ3) is 1.62. The van der Waals surface area contributed by atoms with Crippen molar-refractivity contribution in [3.8, 4) is 0 Å². The van der Waals surface area contributed by atoms with Crippen LogP contribution in [0.4, 0.5) is 0 Å². The minimum Gasteiger partial charge on any atom is -0.390 e. The Labute approximate surface area is 112 Å². The summed E-state index contributed by atoms with van der Waals surface area (Å²) < 4.78 is 6.72. The number of H-pyrrole nitrogens is 1. The van der Waals surface area contributed by atoms with E-state index in [9.17, 15) is 19.8 Å². The Hall–Kier alpha value is -1.15. The van der Waals surface area contributed by atoms with Crippen molar-refractivity contribution < 1.29 is 14.9 Å². The number of ether oxygens (including phenoxy) is 1. The SMILES string of the molecule is C[C@@]1(Cl)[C@H](O)C2(CC2O)O[C@H]1n1ccc(=O)[nH]c1=O. The molecular weight excluding hydrogens is 276 g/mol. The van der Waals surface area contributed by atoms with Gasteiger partial charge in [0.15, 0.2) is 6.23 Å². The zero-order chi connectivity index (χ0) is 14.0. The van der Waals surface area contributed by atoms with E-state index >= 15 is 0 Å². The first-order chi connectivity index (χ1) is 8.79. The number of aliphatic hydroxyl groups excluding tert-OH is 2. The van der Waals surface area contributed by atoms with Crippen molar-refractivity contribution in [1.82, 2.24) is 9.55 Å². The predicted molar refractivity (Wildman–Crippen MR) is 65.1 cm³/mol. The topological polar surface area (TPSA) is 105 Å². The molecule has 0 amide bonds. The first kappa shape index (κ1) is 12.9. The molecule has 2 heterocycles. The van der Waals surface area contributed by atoms with E-state index < -0.39 is 40.2 Å². The summed E-state index contributed by atoms with van der Waals surface area (Å²) in [7, 11) is 0. The Balaban J connectivity index is 2.06. The van der Waals surface area contributed by atoms with Gasteiger partial charge < -0.3 is 14.9 Å². The van der Waals surface area contributed by atoms with Gasteiger partial charge in [-0.3, -0.25) is 14.3 Å². The standard InChI is InChI=1S/C11H13ClN2O5/c1-10(12)7(17)11(4-5(11)15)19-8(10)14-3-2-6(16)13-9(14)18/h2-3,5,7-8,15,17H,4H2,1H3,(H,13,16,18)/t5?,7-,8+,10+,11?/m0/s1. The Morgan fingerprint density at radius 2 is 2.16 bits per heavy atom. The number of nitrogens with one attached hydrogen (secondary N) is 1. The van der Waals surface area contributed by atoms with E-state index in [0.29, 0.717) is 0 Å². The molecule has 2 fully saturated rings. The van der Waals surface area contributed by atoms with E-state index in [1.54, 1.807) is 0 Å². The van der Waals surface area contributed by atoms with Crippen LogP contribution in [0, 0.1) is 0 Å². The molecule has 0 aromatic carbocycles. The van der Waals surface area contributed by atoms with Crippen LogP contribution in [-0.2, 0) is 4.74 Å². The first-order valence-corrected chi connectivity index (χ1v) is 6.21. The molecule has 1 spiro atoms. The molecule has 1 aliphatic carbocycles. The van der Waals surface area contributed by atoms with Crippen molar-refractivity contribution in [1.29, 1.82) is 0 Å². The second kappa shape index (κ2) is 3.69. The van der Waals surface area contributed by atoms with Crippen LogP contribution in [0.3, 0.4) is 0 Å². The molecule has 1 aromatic rings. The number of hydrogen-bond acceptors (Lipinski definition) is 5. The summed E-state index contributed by atoms with van der Waals surface area (Å²) in [5, 5.41) is 19.8. The van der Waals surface area contributed by atoms with Gasteiger partial charge in [0.2, 0.25) is 0 Å². The van der Waals surface area contributed by atoms with Crippen molar-refractivity contribution in [2.45, 2.75) is 42.3 Å². The van der Waals surface area contributed by atoms with Crippen LogP contribution in [0.2, 0.25) is 0 Å². The van der Waals surface area contributed by atoms with Gasteiger partial charge >= 0.3 is 5.69 Å². The average molecular weight is 289 g/mol. The smallest absolute Gasteiger partial charge is 0.330 e. The van der Waals surface area contributed by atoms with Crippen LogP contribution in [0.5, 0.6) is 0 Å². The maximum Gasteiger partial charge on any atom is 0.330 e. The van der Waals surface area contributed by atoms with Crippen molar-refractivity contribution in [3.63, 3.8) is 0 Å². The van der Waals surface area contributed by atoms with E-state index in [0.717, 1.165) is 4.57 Å². The molecule has 2 aliphatic rings. The summed E-state index contributed by atoms with van der Waals surface area (Å²) in [5.41, 5.74) is -2.32. The molecule has 5 atom stereocenters. The second-order valence-electron chi connectivity index (χ2n) is 5.22. The van der Waals surface area contributed by atoms with Crippen molar-refractivity contribution in [2.24, 2.45) is 0 Å². The van der Waals surface area contributed by atoms with Crippen LogP contribution in [0.1, 0.15) is 19.6 Å².